The Bertz CT molecular complexity index is 643. The first-order chi connectivity index (χ1) is 12.4. The molecule has 7 nitrogen and oxygen atoms in total. The Hall–Kier alpha value is -1.96. The minimum Gasteiger partial charge on any atom is -0.466 e. The summed E-state index contributed by atoms with van der Waals surface area (Å²) in [4.78, 5) is 24.1. The molecule has 0 radical (unpaired) electrons. The smallest absolute Gasteiger partial charge is 0.338 e. The van der Waals surface area contributed by atoms with Crippen molar-refractivity contribution in [2.24, 2.45) is 5.92 Å². The average molecular weight is 364 g/mol. The number of hydrogen-bond donors (Lipinski definition) is 0. The third kappa shape index (κ3) is 4.23. The van der Waals surface area contributed by atoms with Crippen LogP contribution in [-0.2, 0) is 28.5 Å². The number of rotatable bonds is 6. The van der Waals surface area contributed by atoms with Gasteiger partial charge in [-0.15, -0.1) is 0 Å². The summed E-state index contributed by atoms with van der Waals surface area (Å²) in [6, 6.07) is 8.71. The summed E-state index contributed by atoms with van der Waals surface area (Å²) in [6.45, 7) is 5.65. The first kappa shape index (κ1) is 18.8. The minimum absolute atomic E-state index is 0.0119. The maximum absolute atomic E-state index is 12.2. The van der Waals surface area contributed by atoms with Crippen LogP contribution in [0.3, 0.4) is 0 Å². The third-order valence-electron chi connectivity index (χ3n) is 4.39. The third-order valence-corrected chi connectivity index (χ3v) is 4.39. The summed E-state index contributed by atoms with van der Waals surface area (Å²) in [5.74, 6) is -1.88. The zero-order chi connectivity index (χ0) is 18.7. The second-order valence-corrected chi connectivity index (χ2v) is 6.78. The predicted molar refractivity (Wildman–Crippen MR) is 90.2 cm³/mol. The highest BCUT2D eigenvalue weighted by Gasteiger charge is 2.55. The van der Waals surface area contributed by atoms with Crippen LogP contribution in [0, 0.1) is 5.92 Å². The van der Waals surface area contributed by atoms with Crippen molar-refractivity contribution in [1.82, 2.24) is 0 Å². The van der Waals surface area contributed by atoms with E-state index >= 15 is 0 Å². The Labute approximate surface area is 152 Å². The number of ether oxygens (including phenoxy) is 5. The van der Waals surface area contributed by atoms with Gasteiger partial charge in [-0.05, 0) is 32.9 Å². The van der Waals surface area contributed by atoms with Crippen molar-refractivity contribution in [2.75, 3.05) is 13.2 Å². The Kier molecular flexibility index (Phi) is 5.60. The summed E-state index contributed by atoms with van der Waals surface area (Å²) < 4.78 is 27.9. The molecule has 26 heavy (non-hydrogen) atoms. The topological polar surface area (TPSA) is 80.3 Å². The molecule has 0 bridgehead atoms. The monoisotopic (exact) mass is 364 g/mol. The molecular weight excluding hydrogens is 340 g/mol. The molecule has 4 atom stereocenters. The van der Waals surface area contributed by atoms with Gasteiger partial charge in [-0.3, -0.25) is 4.79 Å². The Morgan fingerprint density at radius 3 is 2.54 bits per heavy atom. The van der Waals surface area contributed by atoms with Crippen LogP contribution in [0.4, 0.5) is 0 Å². The van der Waals surface area contributed by atoms with Crippen LogP contribution in [-0.4, -0.2) is 49.4 Å². The fourth-order valence-electron chi connectivity index (χ4n) is 3.28. The maximum Gasteiger partial charge on any atom is 0.338 e. The second-order valence-electron chi connectivity index (χ2n) is 6.78. The predicted octanol–water partition coefficient (Wildman–Crippen LogP) is 2.29. The van der Waals surface area contributed by atoms with Crippen LogP contribution in [0.25, 0.3) is 0 Å². The lowest BCUT2D eigenvalue weighted by Gasteiger charge is -2.25. The lowest BCUT2D eigenvalue weighted by molar-refractivity contribution is -0.214. The molecule has 1 aromatic carbocycles. The number of benzene rings is 1. The number of esters is 2. The summed E-state index contributed by atoms with van der Waals surface area (Å²) in [5.41, 5.74) is 0.460. The van der Waals surface area contributed by atoms with Crippen LogP contribution in [0.15, 0.2) is 30.3 Å². The van der Waals surface area contributed by atoms with Crippen LogP contribution in [0.2, 0.25) is 0 Å². The molecule has 1 aromatic rings. The van der Waals surface area contributed by atoms with Crippen molar-refractivity contribution in [3.8, 4) is 0 Å². The molecule has 2 fully saturated rings. The van der Waals surface area contributed by atoms with Gasteiger partial charge in [0.15, 0.2) is 12.1 Å². The minimum atomic E-state index is -0.784. The quantitative estimate of drug-likeness (QED) is 0.717. The van der Waals surface area contributed by atoms with Crippen LogP contribution >= 0.6 is 0 Å². The second kappa shape index (κ2) is 7.73. The lowest BCUT2D eigenvalue weighted by atomic mass is 9.95. The van der Waals surface area contributed by atoms with Crippen molar-refractivity contribution < 1.29 is 33.3 Å². The average Bonchev–Trinajstić information content (AvgIpc) is 3.06. The lowest BCUT2D eigenvalue weighted by Crippen LogP contribution is -2.34. The molecule has 142 valence electrons. The molecule has 0 aliphatic carbocycles. The number of hydrogen-bond acceptors (Lipinski definition) is 7. The van der Waals surface area contributed by atoms with Gasteiger partial charge < -0.3 is 23.7 Å². The van der Waals surface area contributed by atoms with Crippen LogP contribution < -0.4 is 0 Å². The van der Waals surface area contributed by atoms with E-state index in [1.165, 1.54) is 0 Å². The molecule has 0 aromatic heterocycles. The fourth-order valence-corrected chi connectivity index (χ4v) is 3.28. The van der Waals surface area contributed by atoms with Gasteiger partial charge in [0.05, 0.1) is 18.6 Å². The largest absolute Gasteiger partial charge is 0.466 e. The highest BCUT2D eigenvalue weighted by Crippen LogP contribution is 2.42. The first-order valence-electron chi connectivity index (χ1n) is 8.78. The van der Waals surface area contributed by atoms with Gasteiger partial charge in [0.2, 0.25) is 0 Å². The van der Waals surface area contributed by atoms with Gasteiger partial charge in [-0.25, -0.2) is 4.79 Å². The molecule has 0 spiro atoms. The SMILES string of the molecule is CCOC(=O)C[C@H]1[C@H]2OC(C)(C)O[C@H]2O[C@H]1COC(=O)c1ccccc1. The van der Waals surface area contributed by atoms with Gasteiger partial charge in [0, 0.05) is 5.92 Å². The number of carbonyl (C=O) groups is 2. The van der Waals surface area contributed by atoms with Crippen molar-refractivity contribution in [3.63, 3.8) is 0 Å². The molecule has 2 aliphatic heterocycles. The molecule has 3 rings (SSSR count). The fraction of sp³-hybridized carbons (Fsp3) is 0.579. The molecular formula is C19H24O7. The first-order valence-corrected chi connectivity index (χ1v) is 8.78. The van der Waals surface area contributed by atoms with Gasteiger partial charge in [0.1, 0.15) is 18.8 Å². The van der Waals surface area contributed by atoms with E-state index in [0.29, 0.717) is 12.2 Å². The zero-order valence-corrected chi connectivity index (χ0v) is 15.2. The van der Waals surface area contributed by atoms with E-state index in [9.17, 15) is 9.59 Å². The number of fused-ring (bicyclic) bond motifs is 1. The van der Waals surface area contributed by atoms with Gasteiger partial charge in [-0.2, -0.15) is 0 Å². The Balaban J connectivity index is 1.65. The van der Waals surface area contributed by atoms with E-state index in [4.69, 9.17) is 23.7 Å². The summed E-state index contributed by atoms with van der Waals surface area (Å²) in [6.07, 6.45) is -1.39. The van der Waals surface area contributed by atoms with E-state index < -0.39 is 30.3 Å². The highest BCUT2D eigenvalue weighted by molar-refractivity contribution is 5.89. The van der Waals surface area contributed by atoms with Gasteiger partial charge in [0.25, 0.3) is 0 Å². The maximum atomic E-state index is 12.2. The molecule has 7 heteroatoms. The summed E-state index contributed by atoms with van der Waals surface area (Å²) in [5, 5.41) is 0. The van der Waals surface area contributed by atoms with E-state index in [2.05, 4.69) is 0 Å². The molecule has 0 saturated carbocycles. The highest BCUT2D eigenvalue weighted by atomic mass is 16.8. The molecule has 0 N–H and O–H groups in total. The molecule has 2 aliphatic rings. The molecule has 0 unspecified atom stereocenters. The standard InChI is InChI=1S/C19H24O7/c1-4-22-15(20)10-13-14(24-18-16(13)25-19(2,3)26-18)11-23-17(21)12-8-6-5-7-9-12/h5-9,13-14,16,18H,4,10-11H2,1-3H3/t13-,14+,16-,18-/m1/s1. The van der Waals surface area contributed by atoms with Crippen LogP contribution in [0.5, 0.6) is 0 Å². The van der Waals surface area contributed by atoms with E-state index in [1.54, 1.807) is 45.0 Å². The van der Waals surface area contributed by atoms with Gasteiger partial charge in [-0.1, -0.05) is 18.2 Å². The van der Waals surface area contributed by atoms with Crippen molar-refractivity contribution in [2.45, 2.75) is 51.5 Å². The Morgan fingerprint density at radius 2 is 1.85 bits per heavy atom. The Morgan fingerprint density at radius 1 is 1.12 bits per heavy atom. The van der Waals surface area contributed by atoms with E-state index in [-0.39, 0.29) is 24.9 Å². The van der Waals surface area contributed by atoms with Crippen molar-refractivity contribution in [3.05, 3.63) is 35.9 Å². The molecule has 2 heterocycles. The normalized spacial score (nSPS) is 29.2. The summed E-state index contributed by atoms with van der Waals surface area (Å²) >= 11 is 0. The summed E-state index contributed by atoms with van der Waals surface area (Å²) in [7, 11) is 0. The zero-order valence-electron chi connectivity index (χ0n) is 15.2. The van der Waals surface area contributed by atoms with E-state index in [0.717, 1.165) is 0 Å². The number of carbonyl (C=O) groups excluding carboxylic acids is 2. The van der Waals surface area contributed by atoms with Crippen molar-refractivity contribution in [1.29, 1.82) is 0 Å². The molecule has 0 amide bonds. The van der Waals surface area contributed by atoms with Crippen LogP contribution in [0.1, 0.15) is 37.6 Å². The van der Waals surface area contributed by atoms with E-state index in [1.807, 2.05) is 6.07 Å². The van der Waals surface area contributed by atoms with Crippen molar-refractivity contribution >= 4 is 11.9 Å². The van der Waals surface area contributed by atoms with Gasteiger partial charge >= 0.3 is 11.9 Å². The molecule has 2 saturated heterocycles.